The number of urea groups is 2. The average Bonchev–Trinajstić information content (AvgIpc) is 3.55. The van der Waals surface area contributed by atoms with Crippen LogP contribution in [0, 0.1) is 17.8 Å². The van der Waals surface area contributed by atoms with Crippen molar-refractivity contribution in [2.45, 2.75) is 38.5 Å². The number of methoxy groups -OCH3 is 1. The molecule has 0 atom stereocenters. The number of carbonyl (C=O) groups is 2. The lowest BCUT2D eigenvalue weighted by Crippen LogP contribution is -2.40. The fourth-order valence-corrected chi connectivity index (χ4v) is 3.58. The molecule has 0 saturated heterocycles. The number of hydrogen-bond donors (Lipinski definition) is 4. The summed E-state index contributed by atoms with van der Waals surface area (Å²) in [6, 6.07) is 7.05. The van der Waals surface area contributed by atoms with E-state index in [1.807, 2.05) is 24.3 Å². The summed E-state index contributed by atoms with van der Waals surface area (Å²) in [4.78, 5) is 23.8. The minimum Gasteiger partial charge on any atom is -0.497 e. The molecule has 4 amide bonds. The Kier molecular flexibility index (Phi) is 7.39. The van der Waals surface area contributed by atoms with Crippen LogP contribution in [0.5, 0.6) is 5.75 Å². The van der Waals surface area contributed by atoms with E-state index in [0.717, 1.165) is 50.2 Å². The van der Waals surface area contributed by atoms with Crippen LogP contribution in [-0.4, -0.2) is 38.8 Å². The van der Waals surface area contributed by atoms with Gasteiger partial charge in [0.15, 0.2) is 0 Å². The minimum atomic E-state index is -0.179. The van der Waals surface area contributed by atoms with Crippen LogP contribution in [-0.2, 0) is 0 Å². The molecule has 0 aromatic heterocycles. The zero-order chi connectivity index (χ0) is 19.8. The Balaban J connectivity index is 1.26. The third-order valence-corrected chi connectivity index (χ3v) is 5.67. The van der Waals surface area contributed by atoms with E-state index in [-0.39, 0.29) is 12.1 Å². The lowest BCUT2D eigenvalue weighted by molar-refractivity contribution is 0.227. The first kappa shape index (κ1) is 20.3. The summed E-state index contributed by atoms with van der Waals surface area (Å²) in [6.45, 7) is 2.24. The number of nitrogens with one attached hydrogen (secondary N) is 4. The van der Waals surface area contributed by atoms with Gasteiger partial charge in [-0.15, -0.1) is 0 Å². The lowest BCUT2D eigenvalue weighted by Gasteiger charge is -2.28. The Labute approximate surface area is 167 Å². The van der Waals surface area contributed by atoms with Gasteiger partial charge in [-0.2, -0.15) is 0 Å². The molecule has 1 aromatic carbocycles. The van der Waals surface area contributed by atoms with Crippen molar-refractivity contribution in [3.05, 3.63) is 24.3 Å². The number of amides is 4. The summed E-state index contributed by atoms with van der Waals surface area (Å²) in [7, 11) is 1.61. The van der Waals surface area contributed by atoms with E-state index in [9.17, 15) is 9.59 Å². The molecule has 7 heteroatoms. The van der Waals surface area contributed by atoms with E-state index in [0.29, 0.717) is 24.3 Å². The van der Waals surface area contributed by atoms with Crippen LogP contribution in [0.4, 0.5) is 15.3 Å². The van der Waals surface area contributed by atoms with E-state index in [2.05, 4.69) is 21.3 Å². The molecule has 154 valence electrons. The molecule has 2 saturated carbocycles. The van der Waals surface area contributed by atoms with E-state index in [1.165, 1.54) is 12.8 Å². The predicted octanol–water partition coefficient (Wildman–Crippen LogP) is 3.33. The van der Waals surface area contributed by atoms with Crippen LogP contribution in [0.25, 0.3) is 0 Å². The summed E-state index contributed by atoms with van der Waals surface area (Å²) >= 11 is 0. The van der Waals surface area contributed by atoms with Crippen LogP contribution >= 0.6 is 0 Å². The van der Waals surface area contributed by atoms with Gasteiger partial charge in [-0.3, -0.25) is 0 Å². The normalized spacial score (nSPS) is 21.5. The Morgan fingerprint density at radius 2 is 1.21 bits per heavy atom. The molecule has 4 N–H and O–H groups in total. The predicted molar refractivity (Wildman–Crippen MR) is 110 cm³/mol. The molecule has 2 aliphatic carbocycles. The molecule has 7 nitrogen and oxygen atoms in total. The number of benzene rings is 1. The molecule has 0 bridgehead atoms. The van der Waals surface area contributed by atoms with Crippen LogP contribution in [0.15, 0.2) is 24.3 Å². The fourth-order valence-electron chi connectivity index (χ4n) is 3.58. The zero-order valence-electron chi connectivity index (χ0n) is 16.6. The van der Waals surface area contributed by atoms with Crippen molar-refractivity contribution in [1.29, 1.82) is 0 Å². The molecule has 3 rings (SSSR count). The minimum absolute atomic E-state index is 0.0362. The van der Waals surface area contributed by atoms with Gasteiger partial charge in [0.25, 0.3) is 0 Å². The molecule has 0 radical (unpaired) electrons. The second kappa shape index (κ2) is 10.2. The molecule has 28 heavy (non-hydrogen) atoms. The van der Waals surface area contributed by atoms with Gasteiger partial charge in [-0.05, 0) is 80.5 Å². The second-order valence-electron chi connectivity index (χ2n) is 7.98. The first-order valence-corrected chi connectivity index (χ1v) is 10.3. The second-order valence-corrected chi connectivity index (χ2v) is 7.98. The molecular weight excluding hydrogens is 356 g/mol. The first-order valence-electron chi connectivity index (χ1n) is 10.3. The molecular formula is C21H32N4O3. The van der Waals surface area contributed by atoms with Crippen molar-refractivity contribution in [3.63, 3.8) is 0 Å². The smallest absolute Gasteiger partial charge is 0.319 e. The third-order valence-electron chi connectivity index (χ3n) is 5.67. The summed E-state index contributed by atoms with van der Waals surface area (Å²) in [5.41, 5.74) is 0.744. The Hall–Kier alpha value is -2.44. The SMILES string of the molecule is COc1ccc(NC(=O)NCC2CCC(CNC(=O)NCC3CC3)CC2)cc1. The fraction of sp³-hybridized carbons (Fsp3) is 0.619. The molecule has 0 unspecified atom stereocenters. The molecule has 2 aliphatic rings. The first-order chi connectivity index (χ1) is 13.6. The summed E-state index contributed by atoms with van der Waals surface area (Å²) in [6.07, 6.45) is 6.84. The highest BCUT2D eigenvalue weighted by Crippen LogP contribution is 2.28. The monoisotopic (exact) mass is 388 g/mol. The number of anilines is 1. The van der Waals surface area contributed by atoms with Gasteiger partial charge in [0, 0.05) is 25.3 Å². The maximum atomic E-state index is 12.1. The standard InChI is InChI=1S/C21H32N4O3/c1-28-19-10-8-18(9-11-19)25-21(27)24-14-17-6-4-16(5-7-17)13-23-20(26)22-12-15-2-3-15/h8-11,15-17H,2-7,12-14H2,1H3,(H2,22,23,26)(H2,24,25,27). The van der Waals surface area contributed by atoms with Gasteiger partial charge in [0.05, 0.1) is 7.11 Å². The zero-order valence-corrected chi connectivity index (χ0v) is 16.6. The van der Waals surface area contributed by atoms with Gasteiger partial charge in [0.2, 0.25) is 0 Å². The number of rotatable bonds is 8. The van der Waals surface area contributed by atoms with Crippen molar-refractivity contribution in [2.24, 2.45) is 17.8 Å². The van der Waals surface area contributed by atoms with Crippen molar-refractivity contribution in [1.82, 2.24) is 16.0 Å². The van der Waals surface area contributed by atoms with Crippen LogP contribution in [0.3, 0.4) is 0 Å². The van der Waals surface area contributed by atoms with Crippen LogP contribution in [0.2, 0.25) is 0 Å². The highest BCUT2D eigenvalue weighted by Gasteiger charge is 2.23. The van der Waals surface area contributed by atoms with Crippen molar-refractivity contribution in [3.8, 4) is 5.75 Å². The Morgan fingerprint density at radius 1 is 0.786 bits per heavy atom. The molecule has 0 spiro atoms. The van der Waals surface area contributed by atoms with Crippen molar-refractivity contribution < 1.29 is 14.3 Å². The molecule has 2 fully saturated rings. The average molecular weight is 389 g/mol. The van der Waals surface area contributed by atoms with E-state index >= 15 is 0 Å². The molecule has 0 heterocycles. The highest BCUT2D eigenvalue weighted by atomic mass is 16.5. The number of hydrogen-bond acceptors (Lipinski definition) is 3. The summed E-state index contributed by atoms with van der Waals surface area (Å²) in [5.74, 6) is 2.51. The summed E-state index contributed by atoms with van der Waals surface area (Å²) in [5, 5.41) is 11.7. The van der Waals surface area contributed by atoms with Gasteiger partial charge >= 0.3 is 12.1 Å². The van der Waals surface area contributed by atoms with Gasteiger partial charge in [-0.1, -0.05) is 0 Å². The molecule has 0 aliphatic heterocycles. The quantitative estimate of drug-likeness (QED) is 0.550. The largest absolute Gasteiger partial charge is 0.497 e. The van der Waals surface area contributed by atoms with Gasteiger partial charge in [-0.25, -0.2) is 9.59 Å². The van der Waals surface area contributed by atoms with E-state index < -0.39 is 0 Å². The number of carbonyl (C=O) groups excluding carboxylic acids is 2. The van der Waals surface area contributed by atoms with Crippen LogP contribution < -0.4 is 26.0 Å². The highest BCUT2D eigenvalue weighted by molar-refractivity contribution is 5.89. The Morgan fingerprint density at radius 3 is 1.64 bits per heavy atom. The molecule has 1 aromatic rings. The lowest BCUT2D eigenvalue weighted by atomic mass is 9.82. The topological polar surface area (TPSA) is 91.5 Å². The Bertz CT molecular complexity index is 638. The summed E-state index contributed by atoms with van der Waals surface area (Å²) < 4.78 is 5.11. The van der Waals surface area contributed by atoms with Gasteiger partial charge < -0.3 is 26.0 Å². The maximum Gasteiger partial charge on any atom is 0.319 e. The maximum absolute atomic E-state index is 12.1. The van der Waals surface area contributed by atoms with Crippen molar-refractivity contribution in [2.75, 3.05) is 32.1 Å². The number of ether oxygens (including phenoxy) is 1. The van der Waals surface area contributed by atoms with Crippen LogP contribution in [0.1, 0.15) is 38.5 Å². The van der Waals surface area contributed by atoms with Gasteiger partial charge in [0.1, 0.15) is 5.75 Å². The van der Waals surface area contributed by atoms with Crippen molar-refractivity contribution >= 4 is 17.7 Å². The van der Waals surface area contributed by atoms with E-state index in [1.54, 1.807) is 7.11 Å². The van der Waals surface area contributed by atoms with E-state index in [4.69, 9.17) is 4.74 Å². The third kappa shape index (κ3) is 6.94.